The molecule has 1 aliphatic rings. The molecular formula is C12H19N3O5. The molecule has 1 saturated heterocycles. The Morgan fingerprint density at radius 3 is 2.55 bits per heavy atom. The molecule has 1 aliphatic heterocycles. The van der Waals surface area contributed by atoms with Crippen LogP contribution in [0.25, 0.3) is 0 Å². The van der Waals surface area contributed by atoms with Crippen molar-refractivity contribution in [2.24, 2.45) is 5.92 Å². The molecular weight excluding hydrogens is 266 g/mol. The molecule has 1 rings (SSSR count). The summed E-state index contributed by atoms with van der Waals surface area (Å²) >= 11 is 0. The maximum Gasteiger partial charge on any atom is 0.318 e. The molecule has 0 spiro atoms. The molecule has 0 aromatic heterocycles. The van der Waals surface area contributed by atoms with Gasteiger partial charge < -0.3 is 15.3 Å². The fourth-order valence-electron chi connectivity index (χ4n) is 1.82. The van der Waals surface area contributed by atoms with Crippen LogP contribution in [0.5, 0.6) is 0 Å². The number of carbonyl (C=O) groups is 4. The van der Waals surface area contributed by atoms with Crippen LogP contribution in [0, 0.1) is 5.92 Å². The quantitative estimate of drug-likeness (QED) is 0.605. The van der Waals surface area contributed by atoms with E-state index < -0.39 is 35.3 Å². The first kappa shape index (κ1) is 15.9. The van der Waals surface area contributed by atoms with Gasteiger partial charge in [-0.2, -0.15) is 0 Å². The van der Waals surface area contributed by atoms with Crippen molar-refractivity contribution in [2.45, 2.75) is 32.7 Å². The molecule has 1 fully saturated rings. The normalized spacial score (nSPS) is 19.2. The zero-order valence-electron chi connectivity index (χ0n) is 11.7. The number of amides is 4. The van der Waals surface area contributed by atoms with Gasteiger partial charge in [0, 0.05) is 6.54 Å². The van der Waals surface area contributed by atoms with E-state index in [4.69, 9.17) is 5.11 Å². The average Bonchev–Trinajstić information content (AvgIpc) is 2.34. The monoisotopic (exact) mass is 285 g/mol. The van der Waals surface area contributed by atoms with Crippen molar-refractivity contribution < 1.29 is 24.3 Å². The Morgan fingerprint density at radius 1 is 1.45 bits per heavy atom. The number of piperazine rings is 1. The fraction of sp³-hybridized carbons (Fsp3) is 0.667. The molecule has 0 bridgehead atoms. The van der Waals surface area contributed by atoms with Crippen molar-refractivity contribution in [3.63, 3.8) is 0 Å². The van der Waals surface area contributed by atoms with Gasteiger partial charge in [0.2, 0.25) is 5.91 Å². The van der Waals surface area contributed by atoms with Crippen LogP contribution in [0.4, 0.5) is 4.79 Å². The van der Waals surface area contributed by atoms with E-state index in [1.54, 1.807) is 6.92 Å². The molecule has 0 aromatic carbocycles. The lowest BCUT2D eigenvalue weighted by atomic mass is 9.99. The maximum atomic E-state index is 12.0. The van der Waals surface area contributed by atoms with E-state index in [-0.39, 0.29) is 13.1 Å². The molecule has 4 amide bonds. The van der Waals surface area contributed by atoms with Crippen LogP contribution in [-0.2, 0) is 14.4 Å². The molecule has 1 unspecified atom stereocenters. The molecule has 1 atom stereocenters. The fourth-order valence-corrected chi connectivity index (χ4v) is 1.82. The Labute approximate surface area is 116 Å². The van der Waals surface area contributed by atoms with Gasteiger partial charge in [0.05, 0.1) is 5.92 Å². The number of nitrogens with one attached hydrogen (secondary N) is 2. The molecule has 0 aromatic rings. The van der Waals surface area contributed by atoms with Crippen molar-refractivity contribution in [3.8, 4) is 0 Å². The number of rotatable bonds is 4. The summed E-state index contributed by atoms with van der Waals surface area (Å²) in [6.45, 7) is 4.44. The molecule has 20 heavy (non-hydrogen) atoms. The largest absolute Gasteiger partial charge is 0.481 e. The van der Waals surface area contributed by atoms with Crippen LogP contribution >= 0.6 is 0 Å². The number of carboxylic acids is 1. The number of nitrogens with zero attached hydrogens (tertiary/aromatic N) is 1. The Balaban J connectivity index is 2.72. The maximum absolute atomic E-state index is 12.0. The van der Waals surface area contributed by atoms with Crippen molar-refractivity contribution in [1.29, 1.82) is 0 Å². The van der Waals surface area contributed by atoms with E-state index in [2.05, 4.69) is 10.6 Å². The highest BCUT2D eigenvalue weighted by Gasteiger charge is 2.43. The van der Waals surface area contributed by atoms with Crippen LogP contribution in [0.3, 0.4) is 0 Å². The zero-order valence-corrected chi connectivity index (χ0v) is 11.7. The summed E-state index contributed by atoms with van der Waals surface area (Å²) < 4.78 is 0. The Kier molecular flexibility index (Phi) is 4.69. The van der Waals surface area contributed by atoms with E-state index >= 15 is 0 Å². The Hall–Kier alpha value is -2.12. The lowest BCUT2D eigenvalue weighted by molar-refractivity contribution is -0.144. The van der Waals surface area contributed by atoms with Gasteiger partial charge in [-0.3, -0.25) is 19.7 Å². The first-order chi connectivity index (χ1) is 9.20. The summed E-state index contributed by atoms with van der Waals surface area (Å²) in [4.78, 5) is 47.0. The lowest BCUT2D eigenvalue weighted by Gasteiger charge is -2.40. The summed E-state index contributed by atoms with van der Waals surface area (Å²) in [5.74, 6) is -2.82. The standard InChI is InChI=1S/C12H19N3O5/c1-4-7(9(17)18)5-13-11(20)15-6-8(16)14-10(19)12(15,2)3/h7H,4-6H2,1-3H3,(H,13,20)(H,17,18)(H,14,16,19). The first-order valence-electron chi connectivity index (χ1n) is 6.32. The predicted octanol–water partition coefficient (Wildman–Crippen LogP) is -0.456. The van der Waals surface area contributed by atoms with E-state index in [1.807, 2.05) is 0 Å². The van der Waals surface area contributed by atoms with E-state index in [9.17, 15) is 19.2 Å². The van der Waals surface area contributed by atoms with Gasteiger partial charge in [-0.25, -0.2) is 4.79 Å². The highest BCUT2D eigenvalue weighted by Crippen LogP contribution is 2.18. The molecule has 8 heteroatoms. The molecule has 0 aliphatic carbocycles. The highest BCUT2D eigenvalue weighted by atomic mass is 16.4. The number of hydrogen-bond acceptors (Lipinski definition) is 4. The van der Waals surface area contributed by atoms with E-state index in [0.717, 1.165) is 4.90 Å². The second-order valence-electron chi connectivity index (χ2n) is 5.15. The smallest absolute Gasteiger partial charge is 0.318 e. The van der Waals surface area contributed by atoms with Gasteiger partial charge in [-0.05, 0) is 20.3 Å². The van der Waals surface area contributed by atoms with Crippen molar-refractivity contribution in [1.82, 2.24) is 15.5 Å². The summed E-state index contributed by atoms with van der Waals surface area (Å²) in [7, 11) is 0. The van der Waals surface area contributed by atoms with E-state index in [0.29, 0.717) is 6.42 Å². The van der Waals surface area contributed by atoms with Crippen molar-refractivity contribution in [2.75, 3.05) is 13.1 Å². The van der Waals surface area contributed by atoms with Crippen LogP contribution in [0.2, 0.25) is 0 Å². The number of hydrogen-bond donors (Lipinski definition) is 3. The average molecular weight is 285 g/mol. The second kappa shape index (κ2) is 5.89. The minimum Gasteiger partial charge on any atom is -0.481 e. The summed E-state index contributed by atoms with van der Waals surface area (Å²) in [6.07, 6.45) is 0.373. The Morgan fingerprint density at radius 2 is 2.05 bits per heavy atom. The van der Waals surface area contributed by atoms with E-state index in [1.165, 1.54) is 13.8 Å². The van der Waals surface area contributed by atoms with Gasteiger partial charge in [-0.15, -0.1) is 0 Å². The van der Waals surface area contributed by atoms with Gasteiger partial charge >= 0.3 is 12.0 Å². The molecule has 8 nitrogen and oxygen atoms in total. The molecule has 112 valence electrons. The van der Waals surface area contributed by atoms with Crippen LogP contribution in [-0.4, -0.2) is 52.4 Å². The zero-order chi connectivity index (χ0) is 15.5. The number of carboxylic acid groups (broad SMARTS) is 1. The second-order valence-corrected chi connectivity index (χ2v) is 5.15. The lowest BCUT2D eigenvalue weighted by Crippen LogP contribution is -2.67. The minimum absolute atomic E-state index is 0.0486. The predicted molar refractivity (Wildman–Crippen MR) is 68.8 cm³/mol. The SMILES string of the molecule is CCC(CNC(=O)N1CC(=O)NC(=O)C1(C)C)C(=O)O. The van der Waals surface area contributed by atoms with Crippen LogP contribution < -0.4 is 10.6 Å². The van der Waals surface area contributed by atoms with Gasteiger partial charge in [0.1, 0.15) is 12.1 Å². The van der Waals surface area contributed by atoms with Gasteiger partial charge in [0.25, 0.3) is 5.91 Å². The summed E-state index contributed by atoms with van der Waals surface area (Å²) in [6, 6.07) is -0.627. The molecule has 0 radical (unpaired) electrons. The minimum atomic E-state index is -1.16. The third kappa shape index (κ3) is 3.25. The van der Waals surface area contributed by atoms with Crippen LogP contribution in [0.15, 0.2) is 0 Å². The number of carbonyl (C=O) groups excluding carboxylic acids is 3. The summed E-state index contributed by atoms with van der Waals surface area (Å²) in [5.41, 5.74) is -1.16. The van der Waals surface area contributed by atoms with Gasteiger partial charge in [-0.1, -0.05) is 6.92 Å². The van der Waals surface area contributed by atoms with Gasteiger partial charge in [0.15, 0.2) is 0 Å². The first-order valence-corrected chi connectivity index (χ1v) is 6.32. The van der Waals surface area contributed by atoms with Crippen LogP contribution in [0.1, 0.15) is 27.2 Å². The third-order valence-corrected chi connectivity index (χ3v) is 3.37. The van der Waals surface area contributed by atoms with Crippen molar-refractivity contribution >= 4 is 23.8 Å². The molecule has 0 saturated carbocycles. The third-order valence-electron chi connectivity index (χ3n) is 3.37. The number of aliphatic carboxylic acids is 1. The number of imide groups is 1. The molecule has 1 heterocycles. The topological polar surface area (TPSA) is 116 Å². The molecule has 3 N–H and O–H groups in total. The summed E-state index contributed by atoms with van der Waals surface area (Å²) in [5, 5.41) is 13.5. The Bertz CT molecular complexity index is 446. The number of urea groups is 1. The highest BCUT2D eigenvalue weighted by molar-refractivity contribution is 6.05. The van der Waals surface area contributed by atoms with Crippen molar-refractivity contribution in [3.05, 3.63) is 0 Å².